The number of aryl methyl sites for hydroxylation is 2. The number of hydrogen-bond donors (Lipinski definition) is 1. The summed E-state index contributed by atoms with van der Waals surface area (Å²) in [6, 6.07) is 3.69. The van der Waals surface area contributed by atoms with E-state index in [1.165, 1.54) is 0 Å². The van der Waals surface area contributed by atoms with Crippen molar-refractivity contribution in [2.75, 3.05) is 24.6 Å². The van der Waals surface area contributed by atoms with Gasteiger partial charge in [-0.3, -0.25) is 4.57 Å². The van der Waals surface area contributed by atoms with Gasteiger partial charge in [-0.05, 0) is 63.1 Å². The van der Waals surface area contributed by atoms with Crippen LogP contribution in [0.15, 0.2) is 22.8 Å². The molecule has 8 heteroatoms. The Balaban J connectivity index is 1.76. The van der Waals surface area contributed by atoms with Crippen LogP contribution in [-0.4, -0.2) is 39.3 Å². The summed E-state index contributed by atoms with van der Waals surface area (Å²) in [6.45, 7) is 6.21. The van der Waals surface area contributed by atoms with E-state index in [9.17, 15) is 0 Å². The Kier molecular flexibility index (Phi) is 6.58. The maximum Gasteiger partial charge on any atom is 0.150 e. The zero-order chi connectivity index (χ0) is 21.4. The molecule has 2 aromatic heterocycles. The van der Waals surface area contributed by atoms with Gasteiger partial charge in [0.2, 0.25) is 0 Å². The number of fused-ring (bicyclic) bond motifs is 1. The number of hydrogen-bond acceptors (Lipinski definition) is 4. The molecule has 1 aliphatic rings. The van der Waals surface area contributed by atoms with E-state index in [0.717, 1.165) is 77.2 Å². The second-order valence-corrected chi connectivity index (χ2v) is 9.72. The SMILES string of the molecule is Cc1nc(N2CCC(CCCO)CC2)c2c(C)cn(-c3c(Cl)cc(Br)cc3Cl)c2n1. The number of rotatable bonds is 5. The second kappa shape index (κ2) is 9.03. The normalized spacial score (nSPS) is 15.3. The van der Waals surface area contributed by atoms with Crippen molar-refractivity contribution in [3.8, 4) is 5.69 Å². The summed E-state index contributed by atoms with van der Waals surface area (Å²) in [4.78, 5) is 12.0. The fourth-order valence-corrected chi connectivity index (χ4v) is 5.76. The standard InChI is InChI=1S/C22H25BrCl2N4O/c1-13-12-29(20-17(24)10-16(23)11-18(20)25)22-19(13)21(26-14(2)27-22)28-7-5-15(6-8-28)4-3-9-30/h10-12,15,30H,3-9H2,1-2H3. The van der Waals surface area contributed by atoms with Gasteiger partial charge in [0.1, 0.15) is 11.6 Å². The van der Waals surface area contributed by atoms with Gasteiger partial charge in [-0.15, -0.1) is 0 Å². The fraction of sp³-hybridized carbons (Fsp3) is 0.455. The van der Waals surface area contributed by atoms with Crippen LogP contribution in [0, 0.1) is 19.8 Å². The Labute approximate surface area is 195 Å². The zero-order valence-corrected chi connectivity index (χ0v) is 20.2. The summed E-state index contributed by atoms with van der Waals surface area (Å²) in [5, 5.41) is 11.3. The number of benzene rings is 1. The number of halogens is 3. The number of aliphatic hydroxyl groups excluding tert-OH is 1. The Bertz CT molecular complexity index is 1050. The number of nitrogens with zero attached hydrogens (tertiary/aromatic N) is 4. The molecule has 3 aromatic rings. The molecule has 0 unspecified atom stereocenters. The number of aliphatic hydroxyl groups is 1. The molecule has 30 heavy (non-hydrogen) atoms. The van der Waals surface area contributed by atoms with Crippen LogP contribution in [0.2, 0.25) is 10.0 Å². The molecule has 0 amide bonds. The van der Waals surface area contributed by atoms with Crippen LogP contribution < -0.4 is 4.90 Å². The van der Waals surface area contributed by atoms with Gasteiger partial charge in [-0.2, -0.15) is 0 Å². The molecule has 1 saturated heterocycles. The first-order chi connectivity index (χ1) is 14.4. The maximum absolute atomic E-state index is 9.11. The van der Waals surface area contributed by atoms with Crippen molar-refractivity contribution < 1.29 is 5.11 Å². The molecule has 160 valence electrons. The molecule has 1 N–H and O–H groups in total. The average Bonchev–Trinajstić information content (AvgIpc) is 3.01. The molecule has 1 aliphatic heterocycles. The third-order valence-electron chi connectivity index (χ3n) is 5.84. The summed E-state index contributed by atoms with van der Waals surface area (Å²) in [5.41, 5.74) is 2.65. The first kappa shape index (κ1) is 21.9. The Morgan fingerprint density at radius 2 is 1.80 bits per heavy atom. The molecule has 0 bridgehead atoms. The molecular weight excluding hydrogens is 487 g/mol. The van der Waals surface area contributed by atoms with Crippen LogP contribution in [0.5, 0.6) is 0 Å². The summed E-state index contributed by atoms with van der Waals surface area (Å²) < 4.78 is 2.82. The molecule has 0 saturated carbocycles. The molecule has 0 radical (unpaired) electrons. The molecule has 0 spiro atoms. The average molecular weight is 512 g/mol. The molecule has 4 rings (SSSR count). The van der Waals surface area contributed by atoms with Crippen molar-refractivity contribution in [3.05, 3.63) is 44.2 Å². The molecular formula is C22H25BrCl2N4O. The van der Waals surface area contributed by atoms with Gasteiger partial charge in [-0.1, -0.05) is 39.1 Å². The van der Waals surface area contributed by atoms with Crippen LogP contribution in [0.25, 0.3) is 16.7 Å². The topological polar surface area (TPSA) is 54.2 Å². The van der Waals surface area contributed by atoms with Gasteiger partial charge in [0, 0.05) is 30.4 Å². The van der Waals surface area contributed by atoms with Gasteiger partial charge in [0.15, 0.2) is 5.65 Å². The summed E-state index contributed by atoms with van der Waals surface area (Å²) in [6.07, 6.45) is 6.26. The lowest BCUT2D eigenvalue weighted by molar-refractivity contribution is 0.261. The lowest BCUT2D eigenvalue weighted by Crippen LogP contribution is -2.34. The smallest absolute Gasteiger partial charge is 0.150 e. The van der Waals surface area contributed by atoms with Crippen LogP contribution in [0.4, 0.5) is 5.82 Å². The highest BCUT2D eigenvalue weighted by Crippen LogP contribution is 2.38. The highest BCUT2D eigenvalue weighted by atomic mass is 79.9. The summed E-state index contributed by atoms with van der Waals surface area (Å²) in [7, 11) is 0. The van der Waals surface area contributed by atoms with E-state index in [4.69, 9.17) is 38.3 Å². The van der Waals surface area contributed by atoms with E-state index in [1.54, 1.807) is 0 Å². The molecule has 1 fully saturated rings. The van der Waals surface area contributed by atoms with Crippen molar-refractivity contribution >= 4 is 56.0 Å². The van der Waals surface area contributed by atoms with Crippen LogP contribution >= 0.6 is 39.1 Å². The highest BCUT2D eigenvalue weighted by Gasteiger charge is 2.25. The van der Waals surface area contributed by atoms with Gasteiger partial charge >= 0.3 is 0 Å². The molecule has 1 aromatic carbocycles. The van der Waals surface area contributed by atoms with E-state index in [-0.39, 0.29) is 6.61 Å². The molecule has 0 aliphatic carbocycles. The fourth-order valence-electron chi connectivity index (χ4n) is 4.37. The number of piperidine rings is 1. The minimum atomic E-state index is 0.278. The third-order valence-corrected chi connectivity index (χ3v) is 6.87. The van der Waals surface area contributed by atoms with E-state index in [2.05, 4.69) is 27.8 Å². The first-order valence-electron chi connectivity index (χ1n) is 10.3. The van der Waals surface area contributed by atoms with Crippen LogP contribution in [0.1, 0.15) is 37.1 Å². The largest absolute Gasteiger partial charge is 0.396 e. The minimum absolute atomic E-state index is 0.278. The zero-order valence-electron chi connectivity index (χ0n) is 17.1. The van der Waals surface area contributed by atoms with Gasteiger partial charge in [0.25, 0.3) is 0 Å². The molecule has 0 atom stereocenters. The van der Waals surface area contributed by atoms with Crippen LogP contribution in [-0.2, 0) is 0 Å². The van der Waals surface area contributed by atoms with Gasteiger partial charge in [-0.25, -0.2) is 9.97 Å². The monoisotopic (exact) mass is 510 g/mol. The highest BCUT2D eigenvalue weighted by molar-refractivity contribution is 9.10. The molecule has 3 heterocycles. The minimum Gasteiger partial charge on any atom is -0.396 e. The summed E-state index contributed by atoms with van der Waals surface area (Å²) in [5.74, 6) is 2.39. The van der Waals surface area contributed by atoms with E-state index < -0.39 is 0 Å². The van der Waals surface area contributed by atoms with E-state index in [0.29, 0.717) is 16.0 Å². The number of aromatic nitrogens is 3. The first-order valence-corrected chi connectivity index (χ1v) is 11.8. The third kappa shape index (κ3) is 4.20. The van der Waals surface area contributed by atoms with E-state index in [1.807, 2.05) is 29.8 Å². The Morgan fingerprint density at radius 3 is 2.43 bits per heavy atom. The quantitative estimate of drug-likeness (QED) is 0.450. The van der Waals surface area contributed by atoms with Crippen molar-refractivity contribution in [1.82, 2.24) is 14.5 Å². The molecule has 5 nitrogen and oxygen atoms in total. The Hall–Kier alpha value is -1.34. The van der Waals surface area contributed by atoms with Crippen molar-refractivity contribution in [2.24, 2.45) is 5.92 Å². The van der Waals surface area contributed by atoms with Crippen molar-refractivity contribution in [2.45, 2.75) is 39.5 Å². The van der Waals surface area contributed by atoms with Crippen LogP contribution in [0.3, 0.4) is 0 Å². The second-order valence-electron chi connectivity index (χ2n) is 7.99. The van der Waals surface area contributed by atoms with Gasteiger partial charge in [0.05, 0.1) is 21.1 Å². The lowest BCUT2D eigenvalue weighted by Gasteiger charge is -2.33. The predicted octanol–water partition coefficient (Wildman–Crippen LogP) is 6.10. The summed E-state index contributed by atoms with van der Waals surface area (Å²) >= 11 is 16.6. The van der Waals surface area contributed by atoms with E-state index >= 15 is 0 Å². The van der Waals surface area contributed by atoms with Crippen molar-refractivity contribution in [3.63, 3.8) is 0 Å². The maximum atomic E-state index is 9.11. The lowest BCUT2D eigenvalue weighted by atomic mass is 9.92. The number of anilines is 1. The predicted molar refractivity (Wildman–Crippen MR) is 127 cm³/mol. The van der Waals surface area contributed by atoms with Crippen molar-refractivity contribution in [1.29, 1.82) is 0 Å². The Morgan fingerprint density at radius 1 is 1.13 bits per heavy atom. The van der Waals surface area contributed by atoms with Gasteiger partial charge < -0.3 is 10.0 Å².